The Morgan fingerprint density at radius 1 is 0.692 bits per heavy atom. The molecule has 0 aromatic heterocycles. The van der Waals surface area contributed by atoms with Gasteiger partial charge in [-0.25, -0.2) is 4.79 Å². The second-order valence-electron chi connectivity index (χ2n) is 8.68. The topological polar surface area (TPSA) is 105 Å². The molecule has 0 fully saturated rings. The normalized spacial score (nSPS) is 13.2. The van der Waals surface area contributed by atoms with E-state index in [0.717, 1.165) is 50.7 Å². The van der Waals surface area contributed by atoms with E-state index in [1.54, 1.807) is 0 Å². The van der Waals surface area contributed by atoms with Crippen LogP contribution < -0.4 is 10.6 Å². The van der Waals surface area contributed by atoms with Crippen molar-refractivity contribution in [3.8, 4) is 0 Å². The number of carbonyl (C=O) groups is 3. The number of amides is 2. The smallest absolute Gasteiger partial charge is 0.330 e. The summed E-state index contributed by atoms with van der Waals surface area (Å²) >= 11 is 0. The van der Waals surface area contributed by atoms with Crippen molar-refractivity contribution in [3.63, 3.8) is 0 Å². The second kappa shape index (κ2) is 27.6. The lowest BCUT2D eigenvalue weighted by Crippen LogP contribution is -2.29. The summed E-state index contributed by atoms with van der Waals surface area (Å²) in [5.41, 5.74) is 0. The third kappa shape index (κ3) is 27.4. The molecule has 0 aromatic rings. The van der Waals surface area contributed by atoms with Gasteiger partial charge in [0.1, 0.15) is 0 Å². The highest BCUT2D eigenvalue weighted by atomic mass is 16.5. The minimum Gasteiger partial charge on any atom is -0.466 e. The highest BCUT2D eigenvalue weighted by Gasteiger charge is 2.06. The van der Waals surface area contributed by atoms with Gasteiger partial charge in [0.15, 0.2) is 0 Å². The van der Waals surface area contributed by atoms with Crippen LogP contribution >= 0.6 is 0 Å². The predicted molar refractivity (Wildman–Crippen MR) is 160 cm³/mol. The van der Waals surface area contributed by atoms with Crippen molar-refractivity contribution in [3.05, 3.63) is 85.1 Å². The summed E-state index contributed by atoms with van der Waals surface area (Å²) in [7, 11) is 1.23. The molecule has 0 aliphatic rings. The Bertz CT molecular complexity index is 866. The van der Waals surface area contributed by atoms with Gasteiger partial charge in [-0.3, -0.25) is 9.59 Å². The zero-order chi connectivity index (χ0) is 28.8. The molecule has 7 heteroatoms. The number of aliphatic hydroxyl groups is 1. The molecule has 3 N–H and O–H groups in total. The number of hydrogen-bond donors (Lipinski definition) is 3. The number of allylic oxidation sites excluding steroid dienone is 12. The maximum absolute atomic E-state index is 11.9. The molecule has 7 nitrogen and oxygen atoms in total. The van der Waals surface area contributed by atoms with Crippen LogP contribution in [0.4, 0.5) is 0 Å². The average Bonchev–Trinajstić information content (AvgIpc) is 2.92. The molecular formula is C32H48N2O5. The van der Waals surface area contributed by atoms with Crippen molar-refractivity contribution < 1.29 is 24.2 Å². The zero-order valence-electron chi connectivity index (χ0n) is 23.7. The van der Waals surface area contributed by atoms with E-state index in [4.69, 9.17) is 0 Å². The first kappa shape index (κ1) is 35.5. The summed E-state index contributed by atoms with van der Waals surface area (Å²) in [6.45, 7) is 2.78. The number of hydrogen-bond acceptors (Lipinski definition) is 5. The number of rotatable bonds is 22. The molecule has 0 aliphatic heterocycles. The molecule has 0 aromatic carbocycles. The van der Waals surface area contributed by atoms with Crippen molar-refractivity contribution in [2.75, 3.05) is 20.2 Å². The number of methoxy groups -OCH3 is 1. The summed E-state index contributed by atoms with van der Waals surface area (Å²) in [6.07, 6.45) is 34.9. The highest BCUT2D eigenvalue weighted by molar-refractivity contribution is 5.94. The quantitative estimate of drug-likeness (QED) is 0.0946. The van der Waals surface area contributed by atoms with Crippen LogP contribution in [0.2, 0.25) is 0 Å². The van der Waals surface area contributed by atoms with Crippen LogP contribution in [0.1, 0.15) is 71.1 Å². The molecule has 0 rings (SSSR count). The molecule has 0 spiro atoms. The average molecular weight is 541 g/mol. The second-order valence-corrected chi connectivity index (χ2v) is 8.68. The van der Waals surface area contributed by atoms with E-state index in [2.05, 4.69) is 89.1 Å². The van der Waals surface area contributed by atoms with E-state index in [0.29, 0.717) is 32.2 Å². The van der Waals surface area contributed by atoms with E-state index in [9.17, 15) is 19.5 Å². The van der Waals surface area contributed by atoms with Crippen LogP contribution in [0.5, 0.6) is 0 Å². The lowest BCUT2D eigenvalue weighted by molar-refractivity contribution is -0.135. The minimum absolute atomic E-state index is 0.0528. The van der Waals surface area contributed by atoms with Gasteiger partial charge in [0.05, 0.1) is 13.2 Å². The molecule has 216 valence electrons. The molecular weight excluding hydrogens is 492 g/mol. The summed E-state index contributed by atoms with van der Waals surface area (Å²) in [5.74, 6) is -1.10. The summed E-state index contributed by atoms with van der Waals surface area (Å²) in [5, 5.41) is 15.3. The Balaban J connectivity index is 3.70. The molecule has 0 saturated heterocycles. The van der Waals surface area contributed by atoms with Crippen LogP contribution in [-0.4, -0.2) is 49.2 Å². The lowest BCUT2D eigenvalue weighted by atomic mass is 10.2. The van der Waals surface area contributed by atoms with Crippen LogP contribution in [-0.2, 0) is 19.1 Å². The van der Waals surface area contributed by atoms with Gasteiger partial charge in [-0.05, 0) is 57.8 Å². The maximum Gasteiger partial charge on any atom is 0.330 e. The van der Waals surface area contributed by atoms with Crippen molar-refractivity contribution in [1.82, 2.24) is 10.6 Å². The number of ether oxygens (including phenoxy) is 1. The van der Waals surface area contributed by atoms with Gasteiger partial charge in [-0.2, -0.15) is 0 Å². The van der Waals surface area contributed by atoms with Gasteiger partial charge in [-0.1, -0.05) is 79.8 Å². The number of aliphatic hydroxyl groups excluding tert-OH is 1. The number of esters is 1. The standard InChI is InChI=1S/C32H48N2O5/c1-3-4-5-6-7-8-9-10-11-12-13-14-15-16-17-18-19-20-21-22-30(36)33-27-25-29(35)26-28-34-31(37)23-24-32(38)39-2/h4-5,7-8,10-11,13-14,16-17,19-20,23-24,29,35H,3,6,9,12,15,18,21-22,25-28H2,1-2H3,(H,33,36)(H,34,37)/b5-4-,8-7-,11-10-,14-13-,17-16-,20-19-,24-23+. The van der Waals surface area contributed by atoms with Crippen molar-refractivity contribution in [2.45, 2.75) is 77.2 Å². The van der Waals surface area contributed by atoms with E-state index in [-0.39, 0.29) is 12.5 Å². The van der Waals surface area contributed by atoms with Crippen LogP contribution in [0.15, 0.2) is 85.1 Å². The van der Waals surface area contributed by atoms with Crippen LogP contribution in [0, 0.1) is 0 Å². The molecule has 39 heavy (non-hydrogen) atoms. The predicted octanol–water partition coefficient (Wildman–Crippen LogP) is 5.57. The van der Waals surface area contributed by atoms with Gasteiger partial charge >= 0.3 is 5.97 Å². The van der Waals surface area contributed by atoms with Crippen LogP contribution in [0.25, 0.3) is 0 Å². The first-order valence-electron chi connectivity index (χ1n) is 13.9. The minimum atomic E-state index is -0.640. The van der Waals surface area contributed by atoms with E-state index < -0.39 is 18.0 Å². The Kier molecular flexibility index (Phi) is 25.1. The van der Waals surface area contributed by atoms with Crippen molar-refractivity contribution >= 4 is 17.8 Å². The first-order chi connectivity index (χ1) is 19.0. The molecule has 1 unspecified atom stereocenters. The maximum atomic E-state index is 11.9. The molecule has 0 saturated carbocycles. The molecule has 1 atom stereocenters. The van der Waals surface area contributed by atoms with Crippen molar-refractivity contribution in [2.24, 2.45) is 0 Å². The summed E-state index contributed by atoms with van der Waals surface area (Å²) in [6, 6.07) is 0. The fourth-order valence-corrected chi connectivity index (χ4v) is 3.10. The number of nitrogens with one attached hydrogen (secondary N) is 2. The highest BCUT2D eigenvalue weighted by Crippen LogP contribution is 1.99. The molecule has 0 bridgehead atoms. The third-order valence-electron chi connectivity index (χ3n) is 5.28. The Hall–Kier alpha value is -3.45. The number of carbonyl (C=O) groups excluding carboxylic acids is 3. The van der Waals surface area contributed by atoms with E-state index >= 15 is 0 Å². The lowest BCUT2D eigenvalue weighted by Gasteiger charge is -2.11. The Morgan fingerprint density at radius 2 is 1.15 bits per heavy atom. The van der Waals surface area contributed by atoms with Crippen LogP contribution in [0.3, 0.4) is 0 Å². The van der Waals surface area contributed by atoms with Crippen molar-refractivity contribution in [1.29, 1.82) is 0 Å². The Morgan fingerprint density at radius 3 is 1.64 bits per heavy atom. The van der Waals surface area contributed by atoms with Gasteiger partial charge in [0, 0.05) is 31.7 Å². The molecule has 0 radical (unpaired) electrons. The Labute approximate surface area is 235 Å². The molecule has 0 aliphatic carbocycles. The van der Waals surface area contributed by atoms with E-state index in [1.807, 2.05) is 6.08 Å². The van der Waals surface area contributed by atoms with Gasteiger partial charge in [0.25, 0.3) is 0 Å². The van der Waals surface area contributed by atoms with Gasteiger partial charge in [0.2, 0.25) is 11.8 Å². The fourth-order valence-electron chi connectivity index (χ4n) is 3.10. The van der Waals surface area contributed by atoms with Gasteiger partial charge < -0.3 is 20.5 Å². The molecule has 0 heterocycles. The zero-order valence-corrected chi connectivity index (χ0v) is 23.7. The third-order valence-corrected chi connectivity index (χ3v) is 5.28. The monoisotopic (exact) mass is 540 g/mol. The molecule has 2 amide bonds. The largest absolute Gasteiger partial charge is 0.466 e. The SMILES string of the molecule is CC/C=C\C/C=C\C/C=C\C/C=C\C/C=C\C/C=C\CCC(=O)NCCC(O)CCNC(=O)/C=C/C(=O)OC. The first-order valence-corrected chi connectivity index (χ1v) is 13.9. The van der Waals surface area contributed by atoms with Gasteiger partial charge in [-0.15, -0.1) is 0 Å². The summed E-state index contributed by atoms with van der Waals surface area (Å²) < 4.78 is 4.40. The fraction of sp³-hybridized carbons (Fsp3) is 0.469. The summed E-state index contributed by atoms with van der Waals surface area (Å²) in [4.78, 5) is 34.3. The van der Waals surface area contributed by atoms with E-state index in [1.165, 1.54) is 7.11 Å².